The highest BCUT2D eigenvalue weighted by molar-refractivity contribution is 5.91. The van der Waals surface area contributed by atoms with E-state index in [9.17, 15) is 4.79 Å². The van der Waals surface area contributed by atoms with Crippen LogP contribution < -0.4 is 5.32 Å². The average Bonchev–Trinajstić information content (AvgIpc) is 2.28. The number of carbonyl (C=O) groups is 1. The molecule has 0 spiro atoms. The second kappa shape index (κ2) is 5.98. The summed E-state index contributed by atoms with van der Waals surface area (Å²) < 4.78 is 0. The number of hydrogen-bond acceptors (Lipinski definition) is 4. The third-order valence-electron chi connectivity index (χ3n) is 2.08. The van der Waals surface area contributed by atoms with E-state index in [2.05, 4.69) is 21.6 Å². The van der Waals surface area contributed by atoms with E-state index in [4.69, 9.17) is 0 Å². The summed E-state index contributed by atoms with van der Waals surface area (Å²) >= 11 is 0. The van der Waals surface area contributed by atoms with Gasteiger partial charge in [-0.1, -0.05) is 11.6 Å². The molecule has 0 fully saturated rings. The molecule has 0 atom stereocenters. The summed E-state index contributed by atoms with van der Waals surface area (Å²) in [5.41, 5.74) is 1.59. The molecule has 1 heterocycles. The standard InChI is InChI=1S/C12H18N4O/c1-9(2)7-8-13-11-6-5-10(14-15-11)12(17)16(3)4/h5-7H,8H2,1-4H3,(H,13,15). The summed E-state index contributed by atoms with van der Waals surface area (Å²) in [4.78, 5) is 13.0. The van der Waals surface area contributed by atoms with Crippen LogP contribution in [0.4, 0.5) is 5.82 Å². The van der Waals surface area contributed by atoms with Gasteiger partial charge in [0.15, 0.2) is 5.69 Å². The summed E-state index contributed by atoms with van der Waals surface area (Å²) in [5, 5.41) is 10.9. The summed E-state index contributed by atoms with van der Waals surface area (Å²) in [6.07, 6.45) is 2.06. The van der Waals surface area contributed by atoms with Gasteiger partial charge in [-0.25, -0.2) is 0 Å². The highest BCUT2D eigenvalue weighted by Gasteiger charge is 2.09. The highest BCUT2D eigenvalue weighted by Crippen LogP contribution is 2.03. The fourth-order valence-corrected chi connectivity index (χ4v) is 1.13. The lowest BCUT2D eigenvalue weighted by Crippen LogP contribution is -2.23. The third-order valence-corrected chi connectivity index (χ3v) is 2.08. The third kappa shape index (κ3) is 4.22. The fourth-order valence-electron chi connectivity index (χ4n) is 1.13. The van der Waals surface area contributed by atoms with Gasteiger partial charge in [0.25, 0.3) is 5.91 Å². The molecule has 0 aliphatic rings. The first kappa shape index (κ1) is 13.2. The summed E-state index contributed by atoms with van der Waals surface area (Å²) in [6.45, 7) is 4.77. The number of carbonyl (C=O) groups excluding carboxylic acids is 1. The zero-order chi connectivity index (χ0) is 12.8. The molecule has 1 aromatic heterocycles. The van der Waals surface area contributed by atoms with Crippen molar-refractivity contribution in [1.82, 2.24) is 15.1 Å². The minimum Gasteiger partial charge on any atom is -0.365 e. The van der Waals surface area contributed by atoms with E-state index in [1.165, 1.54) is 10.5 Å². The van der Waals surface area contributed by atoms with Gasteiger partial charge in [0.2, 0.25) is 0 Å². The van der Waals surface area contributed by atoms with Gasteiger partial charge in [-0.05, 0) is 26.0 Å². The van der Waals surface area contributed by atoms with Crippen molar-refractivity contribution in [2.75, 3.05) is 26.0 Å². The van der Waals surface area contributed by atoms with E-state index in [0.717, 1.165) is 0 Å². The van der Waals surface area contributed by atoms with Crippen molar-refractivity contribution >= 4 is 11.7 Å². The number of rotatable bonds is 4. The quantitative estimate of drug-likeness (QED) is 0.803. The lowest BCUT2D eigenvalue weighted by molar-refractivity contribution is 0.0821. The second-order valence-electron chi connectivity index (χ2n) is 4.17. The van der Waals surface area contributed by atoms with Crippen LogP contribution in [0.25, 0.3) is 0 Å². The lowest BCUT2D eigenvalue weighted by atomic mass is 10.3. The number of nitrogens with zero attached hydrogens (tertiary/aromatic N) is 3. The Hall–Kier alpha value is -1.91. The zero-order valence-electron chi connectivity index (χ0n) is 10.7. The van der Waals surface area contributed by atoms with Crippen LogP contribution in [0.3, 0.4) is 0 Å². The Kier molecular flexibility index (Phi) is 4.63. The normalized spacial score (nSPS) is 9.65. The SMILES string of the molecule is CC(C)=CCNc1ccc(C(=O)N(C)C)nn1. The maximum absolute atomic E-state index is 11.6. The zero-order valence-corrected chi connectivity index (χ0v) is 10.7. The predicted molar refractivity (Wildman–Crippen MR) is 68.0 cm³/mol. The number of aromatic nitrogens is 2. The first-order valence-electron chi connectivity index (χ1n) is 5.43. The van der Waals surface area contributed by atoms with E-state index >= 15 is 0 Å². The van der Waals surface area contributed by atoms with Gasteiger partial charge in [-0.3, -0.25) is 4.79 Å². The van der Waals surface area contributed by atoms with Gasteiger partial charge < -0.3 is 10.2 Å². The molecule has 0 aliphatic heterocycles. The van der Waals surface area contributed by atoms with Gasteiger partial charge in [-0.15, -0.1) is 10.2 Å². The topological polar surface area (TPSA) is 58.1 Å². The molecule has 17 heavy (non-hydrogen) atoms. The molecule has 92 valence electrons. The summed E-state index contributed by atoms with van der Waals surface area (Å²) in [6, 6.07) is 3.42. The number of allylic oxidation sites excluding steroid dienone is 1. The minimum atomic E-state index is -0.145. The monoisotopic (exact) mass is 234 g/mol. The molecule has 1 rings (SSSR count). The van der Waals surface area contributed by atoms with Crippen LogP contribution >= 0.6 is 0 Å². The van der Waals surface area contributed by atoms with Crippen LogP contribution in [0.2, 0.25) is 0 Å². The molecule has 0 unspecified atom stereocenters. The van der Waals surface area contributed by atoms with E-state index in [1.54, 1.807) is 26.2 Å². The van der Waals surface area contributed by atoms with Crippen molar-refractivity contribution in [3.05, 3.63) is 29.5 Å². The molecular formula is C12H18N4O. The average molecular weight is 234 g/mol. The van der Waals surface area contributed by atoms with Crippen molar-refractivity contribution in [1.29, 1.82) is 0 Å². The first-order chi connectivity index (χ1) is 8.00. The Morgan fingerprint density at radius 3 is 2.53 bits per heavy atom. The molecular weight excluding hydrogens is 216 g/mol. The number of amides is 1. The Labute approximate surface area is 102 Å². The molecule has 0 saturated heterocycles. The summed E-state index contributed by atoms with van der Waals surface area (Å²) in [7, 11) is 3.37. The molecule has 0 bridgehead atoms. The van der Waals surface area contributed by atoms with Crippen LogP contribution in [-0.2, 0) is 0 Å². The van der Waals surface area contributed by atoms with Gasteiger partial charge >= 0.3 is 0 Å². The number of hydrogen-bond donors (Lipinski definition) is 1. The molecule has 1 N–H and O–H groups in total. The van der Waals surface area contributed by atoms with E-state index < -0.39 is 0 Å². The molecule has 0 aromatic carbocycles. The smallest absolute Gasteiger partial charge is 0.273 e. The Morgan fingerprint density at radius 2 is 2.06 bits per heavy atom. The number of nitrogens with one attached hydrogen (secondary N) is 1. The maximum atomic E-state index is 11.6. The molecule has 5 nitrogen and oxygen atoms in total. The second-order valence-corrected chi connectivity index (χ2v) is 4.17. The molecule has 1 amide bonds. The molecule has 0 saturated carbocycles. The largest absolute Gasteiger partial charge is 0.365 e. The minimum absolute atomic E-state index is 0.145. The van der Waals surface area contributed by atoms with Crippen molar-refractivity contribution < 1.29 is 4.79 Å². The van der Waals surface area contributed by atoms with Gasteiger partial charge in [0, 0.05) is 20.6 Å². The number of anilines is 1. The van der Waals surface area contributed by atoms with Crippen molar-refractivity contribution in [2.24, 2.45) is 0 Å². The van der Waals surface area contributed by atoms with E-state index in [0.29, 0.717) is 18.1 Å². The van der Waals surface area contributed by atoms with E-state index in [-0.39, 0.29) is 5.91 Å². The van der Waals surface area contributed by atoms with Crippen LogP contribution in [0.5, 0.6) is 0 Å². The predicted octanol–water partition coefficient (Wildman–Crippen LogP) is 1.56. The lowest BCUT2D eigenvalue weighted by Gasteiger charge is -2.09. The van der Waals surface area contributed by atoms with Crippen molar-refractivity contribution in [2.45, 2.75) is 13.8 Å². The Morgan fingerprint density at radius 1 is 1.35 bits per heavy atom. The van der Waals surface area contributed by atoms with Crippen LogP contribution in [0.15, 0.2) is 23.8 Å². The van der Waals surface area contributed by atoms with Gasteiger partial charge in [0.1, 0.15) is 5.82 Å². The van der Waals surface area contributed by atoms with Gasteiger partial charge in [-0.2, -0.15) is 0 Å². The van der Waals surface area contributed by atoms with Crippen molar-refractivity contribution in [3.63, 3.8) is 0 Å². The summed E-state index contributed by atoms with van der Waals surface area (Å²) in [5.74, 6) is 0.520. The van der Waals surface area contributed by atoms with Crippen LogP contribution in [-0.4, -0.2) is 41.6 Å². The van der Waals surface area contributed by atoms with E-state index in [1.807, 2.05) is 13.8 Å². The molecule has 5 heteroatoms. The maximum Gasteiger partial charge on any atom is 0.273 e. The molecule has 0 aliphatic carbocycles. The van der Waals surface area contributed by atoms with Crippen molar-refractivity contribution in [3.8, 4) is 0 Å². The van der Waals surface area contributed by atoms with Crippen LogP contribution in [0, 0.1) is 0 Å². The van der Waals surface area contributed by atoms with Crippen LogP contribution in [0.1, 0.15) is 24.3 Å². The highest BCUT2D eigenvalue weighted by atomic mass is 16.2. The first-order valence-corrected chi connectivity index (χ1v) is 5.43. The fraction of sp³-hybridized carbons (Fsp3) is 0.417. The molecule has 1 aromatic rings. The molecule has 0 radical (unpaired) electrons. The Balaban J connectivity index is 2.62. The van der Waals surface area contributed by atoms with Gasteiger partial charge in [0.05, 0.1) is 0 Å². The Bertz CT molecular complexity index is 405.